The fourth-order valence-corrected chi connectivity index (χ4v) is 3.51. The van der Waals surface area contributed by atoms with Crippen LogP contribution < -0.4 is 15.0 Å². The van der Waals surface area contributed by atoms with Gasteiger partial charge in [0.1, 0.15) is 11.3 Å². The Morgan fingerprint density at radius 1 is 1.14 bits per heavy atom. The molecule has 1 saturated heterocycles. The Morgan fingerprint density at radius 2 is 1.86 bits per heavy atom. The van der Waals surface area contributed by atoms with Gasteiger partial charge in [-0.2, -0.15) is 0 Å². The van der Waals surface area contributed by atoms with Gasteiger partial charge in [0.2, 0.25) is 0 Å². The summed E-state index contributed by atoms with van der Waals surface area (Å²) in [6, 6.07) is 10.2. The van der Waals surface area contributed by atoms with E-state index in [2.05, 4.69) is 5.32 Å². The third-order valence-electron chi connectivity index (χ3n) is 4.21. The molecule has 1 aliphatic heterocycles. The van der Waals surface area contributed by atoms with Crippen LogP contribution in [0.1, 0.15) is 25.0 Å². The van der Waals surface area contributed by atoms with E-state index in [0.717, 1.165) is 0 Å². The SMILES string of the molecule is Cc1c(Cl)cccc1N1C(=O)/C(=C/c2ccc(OC(C)C)c(Cl)c2)C(=O)NC1=S. The molecule has 0 aromatic heterocycles. The summed E-state index contributed by atoms with van der Waals surface area (Å²) in [6.45, 7) is 5.57. The van der Waals surface area contributed by atoms with Crippen LogP contribution in [0, 0.1) is 6.92 Å². The fraction of sp³-hybridized carbons (Fsp3) is 0.190. The van der Waals surface area contributed by atoms with E-state index in [4.69, 9.17) is 40.2 Å². The first kappa shape index (κ1) is 21.3. The van der Waals surface area contributed by atoms with Crippen molar-refractivity contribution in [1.29, 1.82) is 0 Å². The third-order valence-corrected chi connectivity index (χ3v) is 5.20. The molecule has 2 aromatic carbocycles. The van der Waals surface area contributed by atoms with Crippen LogP contribution in [0.2, 0.25) is 10.0 Å². The Bertz CT molecular complexity index is 1050. The molecule has 8 heteroatoms. The summed E-state index contributed by atoms with van der Waals surface area (Å²) in [5.41, 5.74) is 1.71. The van der Waals surface area contributed by atoms with Crippen molar-refractivity contribution in [1.82, 2.24) is 5.32 Å². The van der Waals surface area contributed by atoms with E-state index in [1.54, 1.807) is 43.3 Å². The zero-order valence-corrected chi connectivity index (χ0v) is 18.3. The Balaban J connectivity index is 2.00. The number of rotatable bonds is 4. The Labute approximate surface area is 184 Å². The molecule has 0 spiro atoms. The van der Waals surface area contributed by atoms with E-state index >= 15 is 0 Å². The maximum atomic E-state index is 13.1. The molecule has 1 aliphatic rings. The van der Waals surface area contributed by atoms with Crippen molar-refractivity contribution >= 4 is 64.1 Å². The number of carbonyl (C=O) groups excluding carboxylic acids is 2. The predicted molar refractivity (Wildman–Crippen MR) is 120 cm³/mol. The van der Waals surface area contributed by atoms with Crippen LogP contribution in [0.3, 0.4) is 0 Å². The average Bonchev–Trinajstić information content (AvgIpc) is 2.64. The molecule has 150 valence electrons. The Morgan fingerprint density at radius 3 is 2.52 bits per heavy atom. The number of benzene rings is 2. The summed E-state index contributed by atoms with van der Waals surface area (Å²) in [4.78, 5) is 26.8. The molecule has 29 heavy (non-hydrogen) atoms. The van der Waals surface area contributed by atoms with Gasteiger partial charge >= 0.3 is 0 Å². The highest BCUT2D eigenvalue weighted by atomic mass is 35.5. The van der Waals surface area contributed by atoms with Crippen molar-refractivity contribution < 1.29 is 14.3 Å². The molecule has 0 aliphatic carbocycles. The van der Waals surface area contributed by atoms with E-state index in [1.807, 2.05) is 13.8 Å². The van der Waals surface area contributed by atoms with Gasteiger partial charge in [0.25, 0.3) is 11.8 Å². The standard InChI is InChI=1S/C21H18Cl2N2O3S/c1-11(2)28-18-8-7-13(10-16(18)23)9-14-19(26)24-21(29)25(20(14)27)17-6-4-5-15(22)12(17)3/h4-11H,1-3H3,(H,24,26,29)/b14-9+. The molecular weight excluding hydrogens is 431 g/mol. The van der Waals surface area contributed by atoms with E-state index in [-0.39, 0.29) is 16.8 Å². The van der Waals surface area contributed by atoms with E-state index < -0.39 is 11.8 Å². The van der Waals surface area contributed by atoms with Crippen molar-refractivity contribution in [3.8, 4) is 5.75 Å². The number of thiocarbonyl (C=S) groups is 1. The summed E-state index contributed by atoms with van der Waals surface area (Å²) in [6.07, 6.45) is 1.44. The monoisotopic (exact) mass is 448 g/mol. The first-order chi connectivity index (χ1) is 13.7. The number of carbonyl (C=O) groups is 2. The van der Waals surface area contributed by atoms with Gasteiger partial charge in [0.15, 0.2) is 5.11 Å². The normalized spacial score (nSPS) is 15.9. The zero-order chi connectivity index (χ0) is 21.3. The van der Waals surface area contributed by atoms with Gasteiger partial charge in [-0.15, -0.1) is 0 Å². The molecule has 1 fully saturated rings. The summed E-state index contributed by atoms with van der Waals surface area (Å²) >= 11 is 17.7. The van der Waals surface area contributed by atoms with Crippen molar-refractivity contribution in [3.63, 3.8) is 0 Å². The predicted octanol–water partition coefficient (Wildman–Crippen LogP) is 4.92. The molecule has 2 aromatic rings. The van der Waals surface area contributed by atoms with E-state index in [9.17, 15) is 9.59 Å². The molecule has 1 heterocycles. The molecule has 0 saturated carbocycles. The fourth-order valence-electron chi connectivity index (χ4n) is 2.84. The van der Waals surface area contributed by atoms with Crippen molar-refractivity contribution in [2.24, 2.45) is 0 Å². The van der Waals surface area contributed by atoms with Gasteiger partial charge in [-0.25, -0.2) is 0 Å². The number of halogens is 2. The molecule has 0 bridgehead atoms. The summed E-state index contributed by atoms with van der Waals surface area (Å²) in [7, 11) is 0. The van der Waals surface area contributed by atoms with Gasteiger partial charge in [-0.05, 0) is 74.5 Å². The van der Waals surface area contributed by atoms with Crippen LogP contribution in [0.4, 0.5) is 5.69 Å². The van der Waals surface area contributed by atoms with Crippen LogP contribution in [0.5, 0.6) is 5.75 Å². The van der Waals surface area contributed by atoms with Gasteiger partial charge < -0.3 is 4.74 Å². The number of hydrogen-bond acceptors (Lipinski definition) is 4. The number of nitrogens with zero attached hydrogens (tertiary/aromatic N) is 1. The highest BCUT2D eigenvalue weighted by molar-refractivity contribution is 7.80. The van der Waals surface area contributed by atoms with Gasteiger partial charge in [0.05, 0.1) is 16.8 Å². The zero-order valence-electron chi connectivity index (χ0n) is 16.0. The Kier molecular flexibility index (Phi) is 6.27. The lowest BCUT2D eigenvalue weighted by molar-refractivity contribution is -0.122. The van der Waals surface area contributed by atoms with Crippen LogP contribution in [0.25, 0.3) is 6.08 Å². The number of ether oxygens (including phenoxy) is 1. The van der Waals surface area contributed by atoms with Crippen molar-refractivity contribution in [2.75, 3.05) is 4.90 Å². The van der Waals surface area contributed by atoms with Crippen LogP contribution in [0.15, 0.2) is 42.0 Å². The largest absolute Gasteiger partial charge is 0.489 e. The summed E-state index contributed by atoms with van der Waals surface area (Å²) in [5, 5.41) is 3.43. The Hall–Kier alpha value is -2.41. The van der Waals surface area contributed by atoms with Crippen molar-refractivity contribution in [3.05, 3.63) is 63.1 Å². The molecular formula is C21H18Cl2N2O3S. The first-order valence-corrected chi connectivity index (χ1v) is 9.98. The maximum absolute atomic E-state index is 13.1. The van der Waals surface area contributed by atoms with Gasteiger partial charge in [-0.1, -0.05) is 35.3 Å². The second kappa shape index (κ2) is 8.53. The number of nitrogens with one attached hydrogen (secondary N) is 1. The quantitative estimate of drug-likeness (QED) is 0.409. The molecule has 2 amide bonds. The first-order valence-electron chi connectivity index (χ1n) is 8.82. The van der Waals surface area contributed by atoms with E-state index in [0.29, 0.717) is 32.6 Å². The lowest BCUT2D eigenvalue weighted by Crippen LogP contribution is -2.54. The van der Waals surface area contributed by atoms with Crippen LogP contribution >= 0.6 is 35.4 Å². The summed E-state index contributed by atoms with van der Waals surface area (Å²) < 4.78 is 5.61. The number of anilines is 1. The third kappa shape index (κ3) is 4.45. The lowest BCUT2D eigenvalue weighted by atomic mass is 10.1. The average molecular weight is 449 g/mol. The lowest BCUT2D eigenvalue weighted by Gasteiger charge is -2.30. The number of amides is 2. The van der Waals surface area contributed by atoms with Gasteiger partial charge in [0, 0.05) is 5.02 Å². The molecule has 0 atom stereocenters. The highest BCUT2D eigenvalue weighted by Gasteiger charge is 2.35. The topological polar surface area (TPSA) is 58.6 Å². The molecule has 3 rings (SSSR count). The molecule has 5 nitrogen and oxygen atoms in total. The minimum absolute atomic E-state index is 0.00114. The van der Waals surface area contributed by atoms with Crippen LogP contribution in [-0.4, -0.2) is 23.0 Å². The maximum Gasteiger partial charge on any atom is 0.270 e. The number of hydrogen-bond donors (Lipinski definition) is 1. The molecule has 0 radical (unpaired) electrons. The minimum Gasteiger partial charge on any atom is -0.489 e. The van der Waals surface area contributed by atoms with Crippen molar-refractivity contribution in [2.45, 2.75) is 26.9 Å². The van der Waals surface area contributed by atoms with Gasteiger partial charge in [-0.3, -0.25) is 19.8 Å². The van der Waals surface area contributed by atoms with Crippen LogP contribution in [-0.2, 0) is 9.59 Å². The summed E-state index contributed by atoms with van der Waals surface area (Å²) in [5.74, 6) is -0.585. The smallest absolute Gasteiger partial charge is 0.270 e. The molecule has 1 N–H and O–H groups in total. The second-order valence-corrected chi connectivity index (χ2v) is 7.90. The minimum atomic E-state index is -0.574. The second-order valence-electron chi connectivity index (χ2n) is 6.70. The van der Waals surface area contributed by atoms with E-state index in [1.165, 1.54) is 11.0 Å². The highest BCUT2D eigenvalue weighted by Crippen LogP contribution is 2.31. The molecule has 0 unspecified atom stereocenters.